The summed E-state index contributed by atoms with van der Waals surface area (Å²) < 4.78 is 8.47. The average Bonchev–Trinajstić information content (AvgIpc) is 2.71. The normalized spacial score (nSPS) is 12.0. The Morgan fingerprint density at radius 2 is 2.20 bits per heavy atom. The summed E-state index contributed by atoms with van der Waals surface area (Å²) in [7, 11) is -1.05. The Morgan fingerprint density at radius 1 is 1.45 bits per heavy atom. The van der Waals surface area contributed by atoms with Crippen molar-refractivity contribution in [3.8, 4) is 0 Å². The minimum atomic E-state index is -1.05. The molecule has 0 aliphatic heterocycles. The highest BCUT2D eigenvalue weighted by Gasteiger charge is 2.13. The monoisotopic (exact) mass is 353 g/mol. The van der Waals surface area contributed by atoms with E-state index >= 15 is 0 Å². The number of pyridine rings is 1. The van der Waals surface area contributed by atoms with Gasteiger partial charge in [0.2, 0.25) is 0 Å². The molecule has 0 N–H and O–H groups in total. The van der Waals surface area contributed by atoms with Gasteiger partial charge < -0.3 is 4.74 Å². The fourth-order valence-electron chi connectivity index (χ4n) is 1.83. The molecule has 0 aliphatic rings. The second-order valence-electron chi connectivity index (χ2n) is 5.96. The highest BCUT2D eigenvalue weighted by Crippen LogP contribution is 2.21. The third kappa shape index (κ3) is 3.77. The van der Waals surface area contributed by atoms with Crippen LogP contribution in [0.25, 0.3) is 17.1 Å². The van der Waals surface area contributed by atoms with Crippen molar-refractivity contribution in [1.29, 1.82) is 0 Å². The van der Waals surface area contributed by atoms with Gasteiger partial charge in [0, 0.05) is 30.7 Å². The first-order valence-corrected chi connectivity index (χ1v) is 11.1. The number of hydrogen-bond acceptors (Lipinski definition) is 3. The minimum Gasteiger partial charge on any atom is -0.359 e. The summed E-state index contributed by atoms with van der Waals surface area (Å²) in [6.45, 7) is 12.0. The second kappa shape index (κ2) is 6.20. The lowest BCUT2D eigenvalue weighted by Gasteiger charge is -2.15. The van der Waals surface area contributed by atoms with Gasteiger partial charge in [0.1, 0.15) is 6.73 Å². The quantitative estimate of drug-likeness (QED) is 0.578. The molecule has 0 atom stereocenters. The van der Waals surface area contributed by atoms with Crippen LogP contribution in [-0.4, -0.2) is 29.4 Å². The predicted molar refractivity (Wildman–Crippen MR) is 89.4 cm³/mol. The van der Waals surface area contributed by atoms with Crippen molar-refractivity contribution in [2.75, 3.05) is 6.61 Å². The van der Waals surface area contributed by atoms with E-state index in [1.165, 1.54) is 0 Å². The third-order valence-corrected chi connectivity index (χ3v) is 5.12. The fraction of sp³-hybridized carbons (Fsp3) is 0.429. The summed E-state index contributed by atoms with van der Waals surface area (Å²) in [5.41, 5.74) is 1.67. The number of ether oxygens (including phenoxy) is 1. The molecule has 0 aliphatic carbocycles. The standard InChI is InChI=1S/C14H20BrN3OSi/c1-5-13-12-8-11(15)9-16-14(12)18(17-13)10-19-6-7-20(2,3)4/h5,8-9H,1,6-7,10H2,2-4H3. The van der Waals surface area contributed by atoms with Crippen LogP contribution in [0.2, 0.25) is 25.7 Å². The predicted octanol–water partition coefficient (Wildman–Crippen LogP) is 4.15. The zero-order chi connectivity index (χ0) is 14.8. The summed E-state index contributed by atoms with van der Waals surface area (Å²) in [5.74, 6) is 0. The molecule has 108 valence electrons. The second-order valence-corrected chi connectivity index (χ2v) is 12.5. The summed E-state index contributed by atoms with van der Waals surface area (Å²) in [6, 6.07) is 3.16. The van der Waals surface area contributed by atoms with Crippen molar-refractivity contribution in [3.05, 3.63) is 29.0 Å². The van der Waals surface area contributed by atoms with Gasteiger partial charge in [-0.2, -0.15) is 5.10 Å². The molecule has 6 heteroatoms. The molecule has 20 heavy (non-hydrogen) atoms. The van der Waals surface area contributed by atoms with Gasteiger partial charge in [-0.25, -0.2) is 9.67 Å². The molecule has 0 unspecified atom stereocenters. The zero-order valence-electron chi connectivity index (χ0n) is 12.2. The van der Waals surface area contributed by atoms with Gasteiger partial charge in [-0.1, -0.05) is 26.2 Å². The van der Waals surface area contributed by atoms with Crippen LogP contribution >= 0.6 is 15.9 Å². The summed E-state index contributed by atoms with van der Waals surface area (Å²) in [5, 5.41) is 5.47. The van der Waals surface area contributed by atoms with E-state index in [1.807, 2.05) is 6.07 Å². The van der Waals surface area contributed by atoms with E-state index in [9.17, 15) is 0 Å². The van der Waals surface area contributed by atoms with Crippen molar-refractivity contribution >= 4 is 41.1 Å². The minimum absolute atomic E-state index is 0.434. The number of halogens is 1. The van der Waals surface area contributed by atoms with Crippen LogP contribution in [0.5, 0.6) is 0 Å². The van der Waals surface area contributed by atoms with Gasteiger partial charge in [0.25, 0.3) is 0 Å². The van der Waals surface area contributed by atoms with E-state index in [2.05, 4.69) is 52.2 Å². The van der Waals surface area contributed by atoms with Crippen LogP contribution in [0, 0.1) is 0 Å². The van der Waals surface area contributed by atoms with Crippen LogP contribution in [0.15, 0.2) is 23.3 Å². The van der Waals surface area contributed by atoms with Gasteiger partial charge in [0.15, 0.2) is 5.65 Å². The van der Waals surface area contributed by atoms with Gasteiger partial charge in [-0.3, -0.25) is 0 Å². The Balaban J connectivity index is 2.12. The van der Waals surface area contributed by atoms with Crippen LogP contribution < -0.4 is 0 Å². The van der Waals surface area contributed by atoms with Crippen molar-refractivity contribution in [2.24, 2.45) is 0 Å². The van der Waals surface area contributed by atoms with E-state index in [-0.39, 0.29) is 0 Å². The number of nitrogens with zero attached hydrogens (tertiary/aromatic N) is 3. The van der Waals surface area contributed by atoms with Gasteiger partial charge in [-0.05, 0) is 34.1 Å². The number of fused-ring (bicyclic) bond motifs is 1. The average molecular weight is 354 g/mol. The molecule has 0 saturated heterocycles. The molecule has 0 saturated carbocycles. The lowest BCUT2D eigenvalue weighted by Crippen LogP contribution is -2.22. The first kappa shape index (κ1) is 15.4. The van der Waals surface area contributed by atoms with Crippen LogP contribution in [0.3, 0.4) is 0 Å². The molecule has 2 aromatic rings. The fourth-order valence-corrected chi connectivity index (χ4v) is 2.92. The lowest BCUT2D eigenvalue weighted by atomic mass is 10.2. The molecule has 0 radical (unpaired) electrons. The highest BCUT2D eigenvalue weighted by atomic mass is 79.9. The molecule has 0 aromatic carbocycles. The maximum Gasteiger partial charge on any atom is 0.160 e. The van der Waals surface area contributed by atoms with Crippen LogP contribution in [0.4, 0.5) is 0 Å². The molecular weight excluding hydrogens is 334 g/mol. The largest absolute Gasteiger partial charge is 0.359 e. The Kier molecular flexibility index (Phi) is 4.77. The molecule has 2 aromatic heterocycles. The number of rotatable bonds is 6. The van der Waals surface area contributed by atoms with Crippen molar-refractivity contribution in [3.63, 3.8) is 0 Å². The Labute approximate surface area is 129 Å². The third-order valence-electron chi connectivity index (χ3n) is 2.99. The van der Waals surface area contributed by atoms with E-state index in [0.717, 1.165) is 33.9 Å². The van der Waals surface area contributed by atoms with Gasteiger partial charge in [0.05, 0.1) is 5.69 Å². The molecule has 0 bridgehead atoms. The van der Waals surface area contributed by atoms with Gasteiger partial charge >= 0.3 is 0 Å². The lowest BCUT2D eigenvalue weighted by molar-refractivity contribution is 0.0812. The Morgan fingerprint density at radius 3 is 2.85 bits per heavy atom. The number of aromatic nitrogens is 3. The summed E-state index contributed by atoms with van der Waals surface area (Å²) >= 11 is 3.43. The molecule has 0 spiro atoms. The van der Waals surface area contributed by atoms with Crippen molar-refractivity contribution in [1.82, 2.24) is 14.8 Å². The maximum absolute atomic E-state index is 5.74. The van der Waals surface area contributed by atoms with E-state index in [1.54, 1.807) is 17.0 Å². The summed E-state index contributed by atoms with van der Waals surface area (Å²) in [4.78, 5) is 4.41. The van der Waals surface area contributed by atoms with E-state index in [4.69, 9.17) is 4.74 Å². The smallest absolute Gasteiger partial charge is 0.160 e. The SMILES string of the molecule is C=Cc1nn(COCC[Si](C)(C)C)c2ncc(Br)cc12. The molecular formula is C14H20BrN3OSi. The topological polar surface area (TPSA) is 39.9 Å². The summed E-state index contributed by atoms with van der Waals surface area (Å²) in [6.07, 6.45) is 3.52. The highest BCUT2D eigenvalue weighted by molar-refractivity contribution is 9.10. The molecule has 0 amide bonds. The van der Waals surface area contributed by atoms with Crippen molar-refractivity contribution < 1.29 is 4.74 Å². The maximum atomic E-state index is 5.74. The van der Waals surface area contributed by atoms with Crippen LogP contribution in [-0.2, 0) is 11.5 Å². The molecule has 4 nitrogen and oxygen atoms in total. The van der Waals surface area contributed by atoms with E-state index in [0.29, 0.717) is 6.73 Å². The molecule has 2 rings (SSSR count). The van der Waals surface area contributed by atoms with Crippen molar-refractivity contribution in [2.45, 2.75) is 32.4 Å². The Hall–Kier alpha value is -0.983. The Bertz CT molecular complexity index is 619. The first-order chi connectivity index (χ1) is 9.40. The molecule has 0 fully saturated rings. The zero-order valence-corrected chi connectivity index (χ0v) is 14.8. The molecule has 2 heterocycles. The number of hydrogen-bond donors (Lipinski definition) is 0. The van der Waals surface area contributed by atoms with Crippen LogP contribution in [0.1, 0.15) is 5.69 Å². The van der Waals surface area contributed by atoms with Gasteiger partial charge in [-0.15, -0.1) is 0 Å². The first-order valence-electron chi connectivity index (χ1n) is 6.63. The van der Waals surface area contributed by atoms with E-state index < -0.39 is 8.07 Å².